The standard InChI is InChI=1S/C32H34N4O12/c1-35-12-17(14-5-3-2-4-6-14)20-23(39)21-18(46-25(20)15-7-9-16(37)10-8-15)11-19(22(38)24(21)40)47-30-28(42)32(45,13-36-31(33)34)27(41)26(48-30)29(43)44/h2-11,17,26-28,30,35,37-38,40-42,45H,12-13H2,1H3,(H,43,44)(H4,33,34,36)/t17-,26-,27+,28-,30-,32-/m0/s1. The van der Waals surface area contributed by atoms with Gasteiger partial charge >= 0.3 is 5.97 Å². The SMILES string of the molecule is CNC[C@@H](c1ccccc1)c1c(-c2ccc(O)cc2)oc2cc(O[C@H]3O[C@H](C(=O)O)[C@@H](O)[C@@](O)(CN=C(N)N)[C@H]3O)c(O)c(O)c2c1=O. The normalized spacial score (nSPS) is 23.0. The molecule has 0 bridgehead atoms. The van der Waals surface area contributed by atoms with Gasteiger partial charge in [-0.05, 0) is 36.9 Å². The first kappa shape index (κ1) is 34.0. The summed E-state index contributed by atoms with van der Waals surface area (Å²) in [6.45, 7) is -0.613. The molecule has 0 spiro atoms. The van der Waals surface area contributed by atoms with Crippen LogP contribution in [0.3, 0.4) is 0 Å². The Morgan fingerprint density at radius 3 is 2.31 bits per heavy atom. The molecule has 1 fully saturated rings. The van der Waals surface area contributed by atoms with Crippen molar-refractivity contribution >= 4 is 22.9 Å². The number of aromatic hydroxyl groups is 3. The van der Waals surface area contributed by atoms with Crippen molar-refractivity contribution < 1.29 is 54.4 Å². The number of phenolic OH excluding ortho intramolecular Hbond substituents is 3. The Morgan fingerprint density at radius 2 is 1.71 bits per heavy atom. The van der Waals surface area contributed by atoms with Crippen LogP contribution in [0.25, 0.3) is 22.3 Å². The zero-order chi connectivity index (χ0) is 34.9. The highest BCUT2D eigenvalue weighted by atomic mass is 16.7. The van der Waals surface area contributed by atoms with Crippen LogP contribution < -0.4 is 26.9 Å². The van der Waals surface area contributed by atoms with Crippen LogP contribution in [0, 0.1) is 0 Å². The molecule has 48 heavy (non-hydrogen) atoms. The Kier molecular flexibility index (Phi) is 9.47. The molecule has 0 unspecified atom stereocenters. The van der Waals surface area contributed by atoms with Gasteiger partial charge in [0.15, 0.2) is 23.6 Å². The fourth-order valence-corrected chi connectivity index (χ4v) is 5.61. The zero-order valence-corrected chi connectivity index (χ0v) is 25.3. The maximum atomic E-state index is 14.3. The number of nitrogens with one attached hydrogen (secondary N) is 1. The Balaban J connectivity index is 1.69. The average Bonchev–Trinajstić information content (AvgIpc) is 3.06. The topological polar surface area (TPSA) is 284 Å². The van der Waals surface area contributed by atoms with E-state index in [-0.39, 0.29) is 29.2 Å². The number of nitrogens with zero attached hydrogens (tertiary/aromatic N) is 1. The first-order valence-corrected chi connectivity index (χ1v) is 14.5. The lowest BCUT2D eigenvalue weighted by Gasteiger charge is -2.45. The van der Waals surface area contributed by atoms with E-state index in [0.717, 1.165) is 11.6 Å². The van der Waals surface area contributed by atoms with Crippen LogP contribution in [-0.2, 0) is 9.53 Å². The number of aliphatic hydroxyl groups excluding tert-OH is 2. The third kappa shape index (κ3) is 6.17. The van der Waals surface area contributed by atoms with Gasteiger partial charge in [-0.2, -0.15) is 0 Å². The molecular formula is C32H34N4O12. The summed E-state index contributed by atoms with van der Waals surface area (Å²) in [4.78, 5) is 29.8. The number of hydrogen-bond acceptors (Lipinski definition) is 13. The monoisotopic (exact) mass is 666 g/mol. The number of aliphatic imine (C=N–C) groups is 1. The van der Waals surface area contributed by atoms with Gasteiger partial charge in [0.2, 0.25) is 17.5 Å². The van der Waals surface area contributed by atoms with E-state index in [4.69, 9.17) is 25.4 Å². The predicted octanol–water partition coefficient (Wildman–Crippen LogP) is -0.157. The van der Waals surface area contributed by atoms with Gasteiger partial charge in [-0.3, -0.25) is 9.79 Å². The van der Waals surface area contributed by atoms with E-state index in [9.17, 15) is 45.3 Å². The quantitative estimate of drug-likeness (QED) is 0.0598. The number of carboxylic acids is 1. The highest BCUT2D eigenvalue weighted by Gasteiger charge is 2.58. The van der Waals surface area contributed by atoms with Crippen LogP contribution >= 0.6 is 0 Å². The molecule has 1 aliphatic rings. The number of rotatable bonds is 10. The summed E-state index contributed by atoms with van der Waals surface area (Å²) in [5, 5.41) is 77.0. The number of aliphatic carboxylic acids is 1. The number of phenols is 3. The van der Waals surface area contributed by atoms with Gasteiger partial charge in [0.05, 0.1) is 12.1 Å². The number of carbonyl (C=O) groups is 1. The summed E-state index contributed by atoms with van der Waals surface area (Å²) in [6, 6.07) is 15.8. The van der Waals surface area contributed by atoms with Crippen LogP contribution in [0.2, 0.25) is 0 Å². The molecule has 4 aromatic rings. The summed E-state index contributed by atoms with van der Waals surface area (Å²) in [5.41, 5.74) is 8.12. The first-order valence-electron chi connectivity index (χ1n) is 14.5. The van der Waals surface area contributed by atoms with Crippen LogP contribution in [0.1, 0.15) is 17.0 Å². The molecule has 1 aromatic heterocycles. The van der Waals surface area contributed by atoms with Gasteiger partial charge in [-0.15, -0.1) is 0 Å². The van der Waals surface area contributed by atoms with Gasteiger partial charge in [0, 0.05) is 24.1 Å². The van der Waals surface area contributed by atoms with Crippen molar-refractivity contribution in [1.82, 2.24) is 5.32 Å². The first-order chi connectivity index (χ1) is 22.8. The van der Waals surface area contributed by atoms with E-state index in [1.165, 1.54) is 24.3 Å². The largest absolute Gasteiger partial charge is 0.508 e. The molecule has 1 aliphatic heterocycles. The highest BCUT2D eigenvalue weighted by molar-refractivity contribution is 5.90. The minimum Gasteiger partial charge on any atom is -0.508 e. The smallest absolute Gasteiger partial charge is 0.335 e. The predicted molar refractivity (Wildman–Crippen MR) is 170 cm³/mol. The van der Waals surface area contributed by atoms with Crippen molar-refractivity contribution in [1.29, 1.82) is 0 Å². The minimum absolute atomic E-state index is 0.0489. The van der Waals surface area contributed by atoms with Crippen molar-refractivity contribution in [3.63, 3.8) is 0 Å². The number of likely N-dealkylation sites (N-methyl/N-ethyl adjacent to an activating group) is 1. The van der Waals surface area contributed by atoms with Gasteiger partial charge in [0.25, 0.3) is 0 Å². The second kappa shape index (κ2) is 13.4. The average molecular weight is 667 g/mol. The fourth-order valence-electron chi connectivity index (χ4n) is 5.61. The van der Waals surface area contributed by atoms with Crippen molar-refractivity contribution in [2.75, 3.05) is 20.1 Å². The van der Waals surface area contributed by atoms with Crippen molar-refractivity contribution in [3.05, 3.63) is 82.0 Å². The van der Waals surface area contributed by atoms with Crippen molar-refractivity contribution in [2.45, 2.75) is 36.1 Å². The molecule has 0 amide bonds. The molecule has 3 aromatic carbocycles. The second-order valence-electron chi connectivity index (χ2n) is 11.2. The molecular weight excluding hydrogens is 632 g/mol. The Bertz CT molecular complexity index is 1900. The zero-order valence-electron chi connectivity index (χ0n) is 25.3. The van der Waals surface area contributed by atoms with E-state index < -0.39 is 82.7 Å². The number of ether oxygens (including phenoxy) is 2. The van der Waals surface area contributed by atoms with Crippen molar-refractivity contribution in [3.8, 4) is 34.3 Å². The van der Waals surface area contributed by atoms with Crippen molar-refractivity contribution in [2.24, 2.45) is 16.5 Å². The number of guanidine groups is 1. The summed E-state index contributed by atoms with van der Waals surface area (Å²) in [7, 11) is 1.69. The van der Waals surface area contributed by atoms with Gasteiger partial charge in [-0.25, -0.2) is 4.79 Å². The number of hydrogen-bond donors (Lipinski definition) is 10. The number of nitrogens with two attached hydrogens (primary N) is 2. The molecule has 16 nitrogen and oxygen atoms in total. The van der Waals surface area contributed by atoms with Crippen LogP contribution in [0.15, 0.2) is 74.9 Å². The third-order valence-electron chi connectivity index (χ3n) is 8.07. The molecule has 16 heteroatoms. The summed E-state index contributed by atoms with van der Waals surface area (Å²) < 4.78 is 17.0. The molecule has 5 rings (SSSR count). The molecule has 0 aliphatic carbocycles. The molecule has 0 radical (unpaired) electrons. The van der Waals surface area contributed by atoms with Gasteiger partial charge in [-0.1, -0.05) is 30.3 Å². The molecule has 6 atom stereocenters. The van der Waals surface area contributed by atoms with E-state index in [1.54, 1.807) is 19.2 Å². The third-order valence-corrected chi connectivity index (χ3v) is 8.07. The maximum absolute atomic E-state index is 14.3. The van der Waals surface area contributed by atoms with Crippen LogP contribution in [-0.4, -0.2) is 98.0 Å². The number of fused-ring (bicyclic) bond motifs is 1. The van der Waals surface area contributed by atoms with E-state index in [2.05, 4.69) is 10.3 Å². The van der Waals surface area contributed by atoms with Gasteiger partial charge < -0.3 is 66.4 Å². The van der Waals surface area contributed by atoms with E-state index >= 15 is 0 Å². The van der Waals surface area contributed by atoms with Gasteiger partial charge in [0.1, 0.15) is 40.3 Å². The Labute approximate surface area is 271 Å². The van der Waals surface area contributed by atoms with E-state index in [0.29, 0.717) is 5.56 Å². The number of benzene rings is 3. The van der Waals surface area contributed by atoms with Crippen LogP contribution in [0.5, 0.6) is 23.0 Å². The Hall–Kier alpha value is -5.39. The molecule has 254 valence electrons. The molecule has 1 saturated heterocycles. The van der Waals surface area contributed by atoms with Crippen LogP contribution in [0.4, 0.5) is 0 Å². The molecule has 0 saturated carbocycles. The summed E-state index contributed by atoms with van der Waals surface area (Å²) in [5.74, 6) is -5.54. The summed E-state index contributed by atoms with van der Waals surface area (Å²) >= 11 is 0. The lowest BCUT2D eigenvalue weighted by Crippen LogP contribution is -2.70. The van der Waals surface area contributed by atoms with E-state index in [1.807, 2.05) is 18.2 Å². The number of aliphatic hydroxyl groups is 3. The molecule has 2 heterocycles. The Morgan fingerprint density at radius 1 is 1.04 bits per heavy atom. The second-order valence-corrected chi connectivity index (χ2v) is 11.2. The minimum atomic E-state index is -2.72. The lowest BCUT2D eigenvalue weighted by atomic mass is 9.84. The highest BCUT2D eigenvalue weighted by Crippen LogP contribution is 2.45. The maximum Gasteiger partial charge on any atom is 0.335 e. The number of carboxylic acid groups (broad SMARTS) is 1. The molecule has 12 N–H and O–H groups in total. The lowest BCUT2D eigenvalue weighted by molar-refractivity contribution is -0.303. The fraction of sp³-hybridized carbons (Fsp3) is 0.281. The summed E-state index contributed by atoms with van der Waals surface area (Å²) in [6.07, 6.45) is -8.74.